The highest BCUT2D eigenvalue weighted by molar-refractivity contribution is 6.06. The lowest BCUT2D eigenvalue weighted by atomic mass is 9.80. The Labute approximate surface area is 208 Å². The van der Waals surface area contributed by atoms with Gasteiger partial charge in [-0.25, -0.2) is 4.79 Å². The van der Waals surface area contributed by atoms with Crippen LogP contribution in [0.25, 0.3) is 0 Å². The number of hydrogen-bond acceptors (Lipinski definition) is 5. The Morgan fingerprint density at radius 2 is 1.69 bits per heavy atom. The zero-order chi connectivity index (χ0) is 24.5. The zero-order valence-corrected chi connectivity index (χ0v) is 19.5. The number of nitrogens with zero attached hydrogens (tertiary/aromatic N) is 1. The van der Waals surface area contributed by atoms with Gasteiger partial charge in [-0.15, -0.1) is 0 Å². The van der Waals surface area contributed by atoms with Crippen molar-refractivity contribution in [2.45, 2.75) is 31.3 Å². The highest BCUT2D eigenvalue weighted by Gasteiger charge is 2.42. The number of benzene rings is 2. The molecule has 0 saturated carbocycles. The van der Waals surface area contributed by atoms with Crippen molar-refractivity contribution in [1.29, 1.82) is 0 Å². The number of nitrogens with one attached hydrogen (secondary N) is 2. The first-order chi connectivity index (χ1) is 17.7. The zero-order valence-electron chi connectivity index (χ0n) is 19.5. The number of carbonyl (C=O) groups is 2. The summed E-state index contributed by atoms with van der Waals surface area (Å²) in [7, 11) is 0. The summed E-state index contributed by atoms with van der Waals surface area (Å²) in [6.45, 7) is 0.236. The predicted molar refractivity (Wildman–Crippen MR) is 135 cm³/mol. The van der Waals surface area contributed by atoms with Gasteiger partial charge in [0, 0.05) is 23.6 Å². The molecule has 2 aromatic heterocycles. The Morgan fingerprint density at radius 1 is 0.917 bits per heavy atom. The van der Waals surface area contributed by atoms with Gasteiger partial charge in [-0.1, -0.05) is 42.5 Å². The number of allylic oxidation sites excluding steroid dienone is 1. The number of urea groups is 1. The van der Waals surface area contributed by atoms with E-state index in [-0.39, 0.29) is 24.3 Å². The van der Waals surface area contributed by atoms with E-state index in [9.17, 15) is 9.59 Å². The number of amides is 2. The highest BCUT2D eigenvalue weighted by Crippen LogP contribution is 2.47. The second kappa shape index (κ2) is 9.26. The van der Waals surface area contributed by atoms with Crippen LogP contribution in [0.1, 0.15) is 41.9 Å². The maximum atomic E-state index is 13.8. The van der Waals surface area contributed by atoms with Crippen LogP contribution < -0.4 is 15.5 Å². The molecule has 0 radical (unpaired) electrons. The largest absolute Gasteiger partial charge is 0.469 e. The number of furan rings is 2. The van der Waals surface area contributed by atoms with Crippen LogP contribution in [0.5, 0.6) is 0 Å². The van der Waals surface area contributed by atoms with E-state index < -0.39 is 6.04 Å². The van der Waals surface area contributed by atoms with Gasteiger partial charge < -0.3 is 19.5 Å². The van der Waals surface area contributed by atoms with Crippen molar-refractivity contribution in [2.75, 3.05) is 10.2 Å². The highest BCUT2D eigenvalue weighted by atomic mass is 16.3. The monoisotopic (exact) mass is 479 g/mol. The minimum atomic E-state index is -0.598. The molecule has 1 aliphatic carbocycles. The molecular formula is C29H25N3O4. The van der Waals surface area contributed by atoms with Gasteiger partial charge in [0.15, 0.2) is 5.78 Å². The molecule has 6 rings (SSSR count). The smallest absolute Gasteiger partial charge is 0.323 e. The van der Waals surface area contributed by atoms with Crippen molar-refractivity contribution in [2.24, 2.45) is 0 Å². The Bertz CT molecular complexity index is 1410. The van der Waals surface area contributed by atoms with E-state index in [1.165, 1.54) is 0 Å². The minimum Gasteiger partial charge on any atom is -0.469 e. The average Bonchev–Trinajstić information content (AvgIpc) is 3.60. The molecule has 0 saturated heterocycles. The third-order valence-electron chi connectivity index (χ3n) is 6.76. The molecule has 2 N–H and O–H groups in total. The van der Waals surface area contributed by atoms with Crippen LogP contribution in [0.2, 0.25) is 0 Å². The lowest BCUT2D eigenvalue weighted by Gasteiger charge is -2.34. The molecule has 4 aromatic rings. The molecule has 2 aromatic carbocycles. The van der Waals surface area contributed by atoms with E-state index in [4.69, 9.17) is 8.83 Å². The quantitative estimate of drug-likeness (QED) is 0.366. The third-order valence-corrected chi connectivity index (χ3v) is 6.76. The van der Waals surface area contributed by atoms with Crippen molar-refractivity contribution < 1.29 is 18.4 Å². The van der Waals surface area contributed by atoms with Gasteiger partial charge in [-0.2, -0.15) is 0 Å². The van der Waals surface area contributed by atoms with E-state index >= 15 is 0 Å². The summed E-state index contributed by atoms with van der Waals surface area (Å²) in [6.07, 6.45) is 4.13. The molecule has 7 heteroatoms. The molecular weight excluding hydrogens is 454 g/mol. The van der Waals surface area contributed by atoms with Crippen LogP contribution >= 0.6 is 0 Å². The first-order valence-electron chi connectivity index (χ1n) is 12.0. The Hall–Kier alpha value is -4.52. The molecule has 2 amide bonds. The van der Waals surface area contributed by atoms with Gasteiger partial charge in [-0.05, 0) is 48.4 Å². The fourth-order valence-electron chi connectivity index (χ4n) is 5.15. The van der Waals surface area contributed by atoms with E-state index in [0.717, 1.165) is 22.7 Å². The average molecular weight is 480 g/mol. The number of fused-ring (bicyclic) bond motifs is 1. The molecule has 36 heavy (non-hydrogen) atoms. The van der Waals surface area contributed by atoms with Crippen LogP contribution in [0.3, 0.4) is 0 Å². The van der Waals surface area contributed by atoms with Crippen LogP contribution in [-0.4, -0.2) is 11.8 Å². The summed E-state index contributed by atoms with van der Waals surface area (Å²) >= 11 is 0. The van der Waals surface area contributed by atoms with Gasteiger partial charge in [0.25, 0.3) is 0 Å². The van der Waals surface area contributed by atoms with Crippen molar-refractivity contribution in [3.8, 4) is 0 Å². The topological polar surface area (TPSA) is 87.7 Å². The van der Waals surface area contributed by atoms with Gasteiger partial charge >= 0.3 is 6.03 Å². The Kier molecular flexibility index (Phi) is 5.65. The Balaban J connectivity index is 1.48. The molecule has 2 unspecified atom stereocenters. The van der Waals surface area contributed by atoms with Crippen molar-refractivity contribution in [3.05, 3.63) is 120 Å². The van der Waals surface area contributed by atoms with Gasteiger partial charge in [0.1, 0.15) is 11.5 Å². The second-order valence-electron chi connectivity index (χ2n) is 9.00. The number of para-hydroxylation sites is 2. The van der Waals surface area contributed by atoms with Crippen LogP contribution in [0.4, 0.5) is 16.2 Å². The third kappa shape index (κ3) is 3.98. The minimum absolute atomic E-state index is 0.00403. The SMILES string of the molecule is O=C1CC(c2ccco2)CC2=C1C(c1ccccc1)N(C(=O)NCc1ccco1)c1ccccc1N2. The van der Waals surface area contributed by atoms with Crippen LogP contribution in [0.15, 0.2) is 111 Å². The van der Waals surface area contributed by atoms with Crippen molar-refractivity contribution in [3.63, 3.8) is 0 Å². The van der Waals surface area contributed by atoms with E-state index in [2.05, 4.69) is 10.6 Å². The number of Topliss-reactive ketones (excluding diaryl/α,β-unsaturated/α-hetero) is 1. The van der Waals surface area contributed by atoms with Crippen molar-refractivity contribution >= 4 is 23.2 Å². The first kappa shape index (κ1) is 22.0. The molecule has 180 valence electrons. The Morgan fingerprint density at radius 3 is 2.47 bits per heavy atom. The number of anilines is 2. The molecule has 7 nitrogen and oxygen atoms in total. The van der Waals surface area contributed by atoms with Gasteiger partial charge in [0.05, 0.1) is 36.5 Å². The van der Waals surface area contributed by atoms with E-state index in [1.807, 2.05) is 72.8 Å². The number of hydrogen-bond donors (Lipinski definition) is 2. The summed E-state index contributed by atoms with van der Waals surface area (Å²) in [5.74, 6) is 1.37. The standard InChI is InChI=1S/C29H25N3O4/c33-25-17-20(26-13-7-15-36-26)16-23-27(25)28(19-8-2-1-3-9-19)32(24-12-5-4-11-22(24)31-23)29(34)30-18-21-10-6-14-35-21/h1-15,20,28,31H,16-18H2,(H,30,34). The molecule has 2 atom stereocenters. The van der Waals surface area contributed by atoms with E-state index in [1.54, 1.807) is 23.5 Å². The lowest BCUT2D eigenvalue weighted by molar-refractivity contribution is -0.116. The van der Waals surface area contributed by atoms with E-state index in [0.29, 0.717) is 29.9 Å². The summed E-state index contributed by atoms with van der Waals surface area (Å²) < 4.78 is 11.1. The number of carbonyl (C=O) groups excluding carboxylic acids is 2. The molecule has 1 aliphatic heterocycles. The fraction of sp³-hybridized carbons (Fsp3) is 0.172. The molecule has 2 aliphatic rings. The van der Waals surface area contributed by atoms with Gasteiger partial charge in [0.2, 0.25) is 0 Å². The number of rotatable bonds is 4. The summed E-state index contributed by atoms with van der Waals surface area (Å²) in [5.41, 5.74) is 3.75. The molecule has 0 fully saturated rings. The molecule has 3 heterocycles. The van der Waals surface area contributed by atoms with Crippen LogP contribution in [-0.2, 0) is 11.3 Å². The summed E-state index contributed by atoms with van der Waals surface area (Å²) in [6, 6.07) is 23.8. The maximum absolute atomic E-state index is 13.8. The number of ketones is 1. The van der Waals surface area contributed by atoms with Crippen molar-refractivity contribution in [1.82, 2.24) is 5.32 Å². The summed E-state index contributed by atoms with van der Waals surface area (Å²) in [5, 5.41) is 6.50. The second-order valence-corrected chi connectivity index (χ2v) is 9.00. The first-order valence-corrected chi connectivity index (χ1v) is 12.0. The summed E-state index contributed by atoms with van der Waals surface area (Å²) in [4.78, 5) is 29.3. The molecule has 0 spiro atoms. The maximum Gasteiger partial charge on any atom is 0.323 e. The van der Waals surface area contributed by atoms with Crippen LogP contribution in [0, 0.1) is 0 Å². The predicted octanol–water partition coefficient (Wildman–Crippen LogP) is 6.16. The fourth-order valence-corrected chi connectivity index (χ4v) is 5.15. The lowest BCUT2D eigenvalue weighted by Crippen LogP contribution is -2.44. The molecule has 0 bridgehead atoms. The normalized spacial score (nSPS) is 19.2. The van der Waals surface area contributed by atoms with Gasteiger partial charge in [-0.3, -0.25) is 9.69 Å².